The molecule has 1 N–H and O–H groups in total. The Labute approximate surface area is 93.6 Å². The molecule has 0 unspecified atom stereocenters. The smallest absolute Gasteiger partial charge is 0.196 e. The Morgan fingerprint density at radius 1 is 1.31 bits per heavy atom. The molecule has 0 spiro atoms. The van der Waals surface area contributed by atoms with Crippen LogP contribution in [0.2, 0.25) is 0 Å². The fourth-order valence-electron chi connectivity index (χ4n) is 2.33. The lowest BCUT2D eigenvalue weighted by molar-refractivity contribution is 0.934. The van der Waals surface area contributed by atoms with Crippen LogP contribution in [0.5, 0.6) is 0 Å². The van der Waals surface area contributed by atoms with E-state index in [1.165, 1.54) is 0 Å². The first-order valence-electron chi connectivity index (χ1n) is 5.58. The fraction of sp³-hybridized carbons (Fsp3) is 0.214. The van der Waals surface area contributed by atoms with Gasteiger partial charge in [-0.2, -0.15) is 0 Å². The summed E-state index contributed by atoms with van der Waals surface area (Å²) in [6.07, 6.45) is 5.96. The minimum Gasteiger partial charge on any atom is -0.357 e. The van der Waals surface area contributed by atoms with Gasteiger partial charge in [0.2, 0.25) is 0 Å². The highest BCUT2D eigenvalue weighted by molar-refractivity contribution is 5.84. The number of aromatic amines is 1. The number of fused-ring (bicyclic) bond motifs is 2. The molecule has 0 radical (unpaired) electrons. The molecule has 0 bridgehead atoms. The Balaban J connectivity index is 2.50. The number of allylic oxidation sites excluding steroid dienone is 1. The Morgan fingerprint density at radius 3 is 3.06 bits per heavy atom. The number of hydrogen-bond acceptors (Lipinski definition) is 1. The molecule has 0 atom stereocenters. The zero-order chi connectivity index (χ0) is 11.1. The van der Waals surface area contributed by atoms with E-state index in [1.807, 2.05) is 31.2 Å². The second-order valence-electron chi connectivity index (χ2n) is 4.28. The third-order valence-electron chi connectivity index (χ3n) is 3.21. The lowest BCUT2D eigenvalue weighted by Gasteiger charge is -2.12. The molecule has 1 aliphatic rings. The van der Waals surface area contributed by atoms with Crippen LogP contribution in [0.15, 0.2) is 29.1 Å². The van der Waals surface area contributed by atoms with Crippen LogP contribution in [0.3, 0.4) is 0 Å². The summed E-state index contributed by atoms with van der Waals surface area (Å²) in [6, 6.07) is 5.86. The maximum Gasteiger partial charge on any atom is 0.196 e. The summed E-state index contributed by atoms with van der Waals surface area (Å²) in [5.41, 5.74) is 4.19. The SMILES string of the molecule is Cc1cccc2c(=O)c3c([nH]c12)CCC=C3. The number of para-hydroxylation sites is 1. The molecule has 1 heterocycles. The van der Waals surface area contributed by atoms with E-state index in [4.69, 9.17) is 0 Å². The van der Waals surface area contributed by atoms with Crippen LogP contribution < -0.4 is 5.43 Å². The number of benzene rings is 1. The van der Waals surface area contributed by atoms with E-state index in [1.54, 1.807) is 0 Å². The molecular weight excluding hydrogens is 198 g/mol. The maximum absolute atomic E-state index is 12.3. The predicted octanol–water partition coefficient (Wildman–Crippen LogP) is 2.80. The minimum absolute atomic E-state index is 0.156. The van der Waals surface area contributed by atoms with Gasteiger partial charge in [-0.1, -0.05) is 24.3 Å². The average Bonchev–Trinajstić information content (AvgIpc) is 2.31. The average molecular weight is 211 g/mol. The third-order valence-corrected chi connectivity index (χ3v) is 3.21. The van der Waals surface area contributed by atoms with Gasteiger partial charge in [0.05, 0.1) is 5.52 Å². The van der Waals surface area contributed by atoms with Gasteiger partial charge in [0.15, 0.2) is 5.43 Å². The van der Waals surface area contributed by atoms with Crippen LogP contribution in [-0.4, -0.2) is 4.98 Å². The van der Waals surface area contributed by atoms with E-state index in [9.17, 15) is 4.79 Å². The molecule has 0 saturated carbocycles. The molecule has 1 aliphatic carbocycles. The zero-order valence-corrected chi connectivity index (χ0v) is 9.21. The second kappa shape index (κ2) is 3.34. The van der Waals surface area contributed by atoms with Crippen molar-refractivity contribution in [2.75, 3.05) is 0 Å². The van der Waals surface area contributed by atoms with E-state index < -0.39 is 0 Å². The van der Waals surface area contributed by atoms with E-state index in [0.29, 0.717) is 0 Å². The normalized spacial score (nSPS) is 14.1. The van der Waals surface area contributed by atoms with Crippen LogP contribution in [0.1, 0.15) is 23.2 Å². The summed E-state index contributed by atoms with van der Waals surface area (Å²) >= 11 is 0. The lowest BCUT2D eigenvalue weighted by Crippen LogP contribution is -2.14. The van der Waals surface area contributed by atoms with Crippen LogP contribution in [0.4, 0.5) is 0 Å². The molecule has 2 nitrogen and oxygen atoms in total. The lowest BCUT2D eigenvalue weighted by atomic mass is 9.99. The van der Waals surface area contributed by atoms with Crippen LogP contribution in [0, 0.1) is 6.92 Å². The molecule has 80 valence electrons. The van der Waals surface area contributed by atoms with Gasteiger partial charge in [0.25, 0.3) is 0 Å². The monoisotopic (exact) mass is 211 g/mol. The molecule has 3 rings (SSSR count). The molecule has 0 amide bonds. The van der Waals surface area contributed by atoms with Crippen molar-refractivity contribution in [2.45, 2.75) is 19.8 Å². The second-order valence-corrected chi connectivity index (χ2v) is 4.28. The van der Waals surface area contributed by atoms with Crippen molar-refractivity contribution in [3.05, 3.63) is 51.3 Å². The maximum atomic E-state index is 12.3. The number of aryl methyl sites for hydroxylation is 2. The summed E-state index contributed by atoms with van der Waals surface area (Å²) in [6.45, 7) is 2.03. The molecule has 0 fully saturated rings. The van der Waals surface area contributed by atoms with E-state index in [2.05, 4.69) is 11.1 Å². The van der Waals surface area contributed by atoms with Gasteiger partial charge in [0.1, 0.15) is 0 Å². The van der Waals surface area contributed by atoms with Gasteiger partial charge < -0.3 is 4.98 Å². The summed E-state index contributed by atoms with van der Waals surface area (Å²) < 4.78 is 0. The Bertz CT molecular complexity index is 650. The Hall–Kier alpha value is -1.83. The summed E-state index contributed by atoms with van der Waals surface area (Å²) in [5, 5.41) is 0.797. The van der Waals surface area contributed by atoms with E-state index in [0.717, 1.165) is 40.6 Å². The van der Waals surface area contributed by atoms with Crippen molar-refractivity contribution in [3.8, 4) is 0 Å². The molecule has 0 aliphatic heterocycles. The number of rotatable bonds is 0. The summed E-state index contributed by atoms with van der Waals surface area (Å²) in [5.74, 6) is 0. The molecule has 2 heteroatoms. The zero-order valence-electron chi connectivity index (χ0n) is 9.21. The van der Waals surface area contributed by atoms with Crippen LogP contribution in [-0.2, 0) is 6.42 Å². The molecule has 1 aromatic heterocycles. The van der Waals surface area contributed by atoms with Gasteiger partial charge in [-0.05, 0) is 31.4 Å². The quantitative estimate of drug-likeness (QED) is 0.714. The standard InChI is InChI=1S/C14H13NO/c1-9-5-4-7-11-13(9)15-12-8-3-2-6-10(12)14(11)16/h2,4-7H,3,8H2,1H3,(H,15,16). The molecule has 0 saturated heterocycles. The third kappa shape index (κ3) is 1.23. The topological polar surface area (TPSA) is 32.9 Å². The van der Waals surface area contributed by atoms with Crippen molar-refractivity contribution in [2.24, 2.45) is 0 Å². The highest BCUT2D eigenvalue weighted by Gasteiger charge is 2.12. The van der Waals surface area contributed by atoms with Crippen LogP contribution in [0.25, 0.3) is 17.0 Å². The van der Waals surface area contributed by atoms with E-state index in [-0.39, 0.29) is 5.43 Å². The number of hydrogen-bond donors (Lipinski definition) is 1. The van der Waals surface area contributed by atoms with Crippen molar-refractivity contribution in [3.63, 3.8) is 0 Å². The Morgan fingerprint density at radius 2 is 2.19 bits per heavy atom. The molecule has 1 aromatic carbocycles. The van der Waals surface area contributed by atoms with Gasteiger partial charge in [-0.3, -0.25) is 4.79 Å². The minimum atomic E-state index is 0.156. The predicted molar refractivity (Wildman–Crippen MR) is 66.7 cm³/mol. The van der Waals surface area contributed by atoms with E-state index >= 15 is 0 Å². The van der Waals surface area contributed by atoms with Gasteiger partial charge in [0, 0.05) is 16.6 Å². The molecular formula is C14H13NO. The number of nitrogens with one attached hydrogen (secondary N) is 1. The number of aromatic nitrogens is 1. The van der Waals surface area contributed by atoms with Crippen LogP contribution >= 0.6 is 0 Å². The fourth-order valence-corrected chi connectivity index (χ4v) is 2.33. The van der Waals surface area contributed by atoms with Gasteiger partial charge >= 0.3 is 0 Å². The Kier molecular flexibility index (Phi) is 1.96. The number of pyridine rings is 1. The first-order valence-corrected chi connectivity index (χ1v) is 5.58. The first kappa shape index (κ1) is 9.40. The summed E-state index contributed by atoms with van der Waals surface area (Å²) in [4.78, 5) is 15.7. The highest BCUT2D eigenvalue weighted by Crippen LogP contribution is 2.19. The first-order chi connectivity index (χ1) is 7.77. The van der Waals surface area contributed by atoms with Crippen molar-refractivity contribution >= 4 is 17.0 Å². The van der Waals surface area contributed by atoms with Crippen molar-refractivity contribution < 1.29 is 0 Å². The van der Waals surface area contributed by atoms with Crippen molar-refractivity contribution in [1.29, 1.82) is 0 Å². The number of H-pyrrole nitrogens is 1. The van der Waals surface area contributed by atoms with Gasteiger partial charge in [-0.25, -0.2) is 0 Å². The van der Waals surface area contributed by atoms with Gasteiger partial charge in [-0.15, -0.1) is 0 Å². The van der Waals surface area contributed by atoms with Crippen molar-refractivity contribution in [1.82, 2.24) is 4.98 Å². The molecule has 16 heavy (non-hydrogen) atoms. The highest BCUT2D eigenvalue weighted by atomic mass is 16.1. The molecule has 2 aromatic rings. The largest absolute Gasteiger partial charge is 0.357 e. The summed E-state index contributed by atoms with van der Waals surface area (Å²) in [7, 11) is 0.